The fourth-order valence-corrected chi connectivity index (χ4v) is 5.14. The molecule has 4 rings (SSSR count). The van der Waals surface area contributed by atoms with Gasteiger partial charge in [-0.25, -0.2) is 14.8 Å². The Kier molecular flexibility index (Phi) is 5.88. The van der Waals surface area contributed by atoms with Crippen molar-refractivity contribution in [3.05, 3.63) is 71.3 Å². The normalized spacial score (nSPS) is 12.5. The molecule has 0 amide bonds. The van der Waals surface area contributed by atoms with Crippen LogP contribution in [-0.4, -0.2) is 25.6 Å². The summed E-state index contributed by atoms with van der Waals surface area (Å²) in [5, 5.41) is 10.4. The van der Waals surface area contributed by atoms with Crippen LogP contribution < -0.4 is 0 Å². The zero-order valence-corrected chi connectivity index (χ0v) is 18.3. The molecule has 2 heterocycles. The van der Waals surface area contributed by atoms with Crippen molar-refractivity contribution in [3.63, 3.8) is 0 Å². The van der Waals surface area contributed by atoms with Gasteiger partial charge in [0.15, 0.2) is 0 Å². The first-order valence-electron chi connectivity index (χ1n) is 9.93. The first-order valence-corrected chi connectivity index (χ1v) is 11.1. The predicted octanol–water partition coefficient (Wildman–Crippen LogP) is 6.54. The molecular weight excluding hydrogens is 418 g/mol. The van der Waals surface area contributed by atoms with E-state index < -0.39 is 5.97 Å². The van der Waals surface area contributed by atoms with E-state index in [0.29, 0.717) is 5.92 Å². The van der Waals surface area contributed by atoms with Crippen LogP contribution in [0.3, 0.4) is 0 Å². The molecule has 0 aliphatic heterocycles. The summed E-state index contributed by atoms with van der Waals surface area (Å²) in [5.41, 5.74) is 2.97. The van der Waals surface area contributed by atoms with Gasteiger partial charge in [0, 0.05) is 18.0 Å². The smallest absolute Gasteiger partial charge is 0.337 e. The molecule has 0 saturated carbocycles. The lowest BCUT2D eigenvalue weighted by Gasteiger charge is -2.27. The molecule has 0 spiro atoms. The second-order valence-corrected chi connectivity index (χ2v) is 8.72. The molecule has 0 saturated heterocycles. The van der Waals surface area contributed by atoms with Crippen molar-refractivity contribution < 1.29 is 9.90 Å². The zero-order valence-electron chi connectivity index (χ0n) is 16.7. The largest absolute Gasteiger partial charge is 0.478 e. The fraction of sp³-hybridized carbons (Fsp3) is 0.261. The number of halogens is 1. The average molecular weight is 440 g/mol. The summed E-state index contributed by atoms with van der Waals surface area (Å²) >= 11 is 7.57. The van der Waals surface area contributed by atoms with E-state index in [1.807, 2.05) is 30.9 Å². The number of nitrogens with zero attached hydrogens (tertiary/aromatic N) is 3. The van der Waals surface area contributed by atoms with E-state index in [1.165, 1.54) is 5.56 Å². The van der Waals surface area contributed by atoms with Gasteiger partial charge in [-0.05, 0) is 35.7 Å². The van der Waals surface area contributed by atoms with E-state index in [1.54, 1.807) is 23.5 Å². The van der Waals surface area contributed by atoms with E-state index >= 15 is 0 Å². The van der Waals surface area contributed by atoms with Crippen LogP contribution >= 0.6 is 22.9 Å². The Morgan fingerprint density at radius 3 is 2.67 bits per heavy atom. The van der Waals surface area contributed by atoms with Crippen LogP contribution in [0.5, 0.6) is 0 Å². The number of rotatable bonds is 7. The zero-order chi connectivity index (χ0) is 21.3. The van der Waals surface area contributed by atoms with Gasteiger partial charge in [-0.3, -0.25) is 0 Å². The Labute approximate surface area is 184 Å². The number of aromatic nitrogens is 3. The molecule has 1 unspecified atom stereocenters. The Morgan fingerprint density at radius 2 is 2.00 bits per heavy atom. The first kappa shape index (κ1) is 20.6. The summed E-state index contributed by atoms with van der Waals surface area (Å²) in [6.45, 7) is 4.45. The molecule has 4 aromatic rings. The van der Waals surface area contributed by atoms with Gasteiger partial charge >= 0.3 is 5.97 Å². The number of carbonyl (C=O) groups is 1. The Bertz CT molecular complexity index is 1180. The lowest BCUT2D eigenvalue weighted by Crippen LogP contribution is -2.18. The third-order valence-corrected chi connectivity index (χ3v) is 6.94. The highest BCUT2D eigenvalue weighted by Gasteiger charge is 2.23. The van der Waals surface area contributed by atoms with E-state index in [0.717, 1.165) is 33.6 Å². The molecule has 154 valence electrons. The quantitative estimate of drug-likeness (QED) is 0.355. The minimum atomic E-state index is -1.04. The Hall–Kier alpha value is -2.70. The predicted molar refractivity (Wildman–Crippen MR) is 121 cm³/mol. The molecule has 5 nitrogen and oxygen atoms in total. The number of fused-ring (bicyclic) bond motifs is 1. The number of carboxylic acids is 1. The number of carboxylic acid groups (broad SMARTS) is 1. The molecular formula is C23H22ClN3O2S. The van der Waals surface area contributed by atoms with Crippen molar-refractivity contribution in [2.45, 2.75) is 32.7 Å². The van der Waals surface area contributed by atoms with Crippen LogP contribution in [0.15, 0.2) is 55.1 Å². The number of imidazole rings is 1. The van der Waals surface area contributed by atoms with Crippen molar-refractivity contribution in [1.82, 2.24) is 14.5 Å². The summed E-state index contributed by atoms with van der Waals surface area (Å²) in [6.07, 6.45) is 7.88. The highest BCUT2D eigenvalue weighted by Crippen LogP contribution is 2.37. The lowest BCUT2D eigenvalue weighted by atomic mass is 9.88. The molecule has 2 aromatic heterocycles. The number of benzene rings is 2. The summed E-state index contributed by atoms with van der Waals surface area (Å²) in [4.78, 5) is 20.4. The molecule has 1 atom stereocenters. The van der Waals surface area contributed by atoms with Crippen molar-refractivity contribution in [3.8, 4) is 10.6 Å². The van der Waals surface area contributed by atoms with Gasteiger partial charge in [0.1, 0.15) is 5.01 Å². The molecule has 0 fully saturated rings. The van der Waals surface area contributed by atoms with Crippen LogP contribution in [0.4, 0.5) is 0 Å². The SMILES string of the molecule is CCC(CC)C(c1ccc2nc(-c3ccc(Cl)c(C(=O)O)c3)sc2c1)n1ccnc1. The molecule has 2 aromatic carbocycles. The van der Waals surface area contributed by atoms with Crippen LogP contribution in [0.2, 0.25) is 5.02 Å². The molecule has 0 aliphatic carbocycles. The van der Waals surface area contributed by atoms with Crippen molar-refractivity contribution in [2.24, 2.45) is 5.92 Å². The molecule has 0 radical (unpaired) electrons. The summed E-state index contributed by atoms with van der Waals surface area (Å²) in [7, 11) is 0. The van der Waals surface area contributed by atoms with Crippen molar-refractivity contribution >= 4 is 39.1 Å². The maximum atomic E-state index is 11.4. The molecule has 30 heavy (non-hydrogen) atoms. The second-order valence-electron chi connectivity index (χ2n) is 7.28. The van der Waals surface area contributed by atoms with Crippen molar-refractivity contribution in [2.75, 3.05) is 0 Å². The number of hydrogen-bond acceptors (Lipinski definition) is 4. The average Bonchev–Trinajstić information content (AvgIpc) is 3.41. The fourth-order valence-electron chi connectivity index (χ4n) is 3.93. The Morgan fingerprint density at radius 1 is 1.20 bits per heavy atom. The van der Waals surface area contributed by atoms with Gasteiger partial charge in [-0.2, -0.15) is 0 Å². The van der Waals surface area contributed by atoms with Gasteiger partial charge in [-0.15, -0.1) is 11.3 Å². The van der Waals surface area contributed by atoms with Crippen LogP contribution in [0, 0.1) is 5.92 Å². The molecule has 7 heteroatoms. The monoisotopic (exact) mass is 439 g/mol. The first-order chi connectivity index (χ1) is 14.5. The number of thiazole rings is 1. The summed E-state index contributed by atoms with van der Waals surface area (Å²) in [6, 6.07) is 11.6. The van der Waals surface area contributed by atoms with E-state index in [2.05, 4.69) is 35.5 Å². The van der Waals surface area contributed by atoms with Gasteiger partial charge in [0.25, 0.3) is 0 Å². The van der Waals surface area contributed by atoms with Crippen molar-refractivity contribution in [1.29, 1.82) is 0 Å². The molecule has 0 aliphatic rings. The third kappa shape index (κ3) is 3.85. The van der Waals surface area contributed by atoms with E-state index in [4.69, 9.17) is 16.6 Å². The number of aromatic carboxylic acids is 1. The van der Waals surface area contributed by atoms with E-state index in [-0.39, 0.29) is 16.6 Å². The van der Waals surface area contributed by atoms with Crippen LogP contribution in [-0.2, 0) is 0 Å². The van der Waals surface area contributed by atoms with E-state index in [9.17, 15) is 9.90 Å². The minimum absolute atomic E-state index is 0.0861. The topological polar surface area (TPSA) is 68.0 Å². The summed E-state index contributed by atoms with van der Waals surface area (Å²) in [5.74, 6) is -0.544. The standard InChI is InChI=1S/C23H22ClN3O2S/c1-3-14(4-2)21(27-10-9-25-13-27)15-6-8-19-20(12-15)30-22(26-19)16-5-7-18(24)17(11-16)23(28)29/h5-14,21H,3-4H2,1-2H3,(H,28,29). The van der Waals surface area contributed by atoms with Gasteiger partial charge in [0.2, 0.25) is 0 Å². The lowest BCUT2D eigenvalue weighted by molar-refractivity contribution is 0.0697. The molecule has 0 bridgehead atoms. The second kappa shape index (κ2) is 8.58. The van der Waals surface area contributed by atoms with Crippen LogP contribution in [0.25, 0.3) is 20.8 Å². The molecule has 1 N–H and O–H groups in total. The maximum Gasteiger partial charge on any atom is 0.337 e. The van der Waals surface area contributed by atoms with Gasteiger partial charge in [-0.1, -0.05) is 50.4 Å². The maximum absolute atomic E-state index is 11.4. The van der Waals surface area contributed by atoms with Gasteiger partial charge < -0.3 is 9.67 Å². The Balaban J connectivity index is 1.77. The van der Waals surface area contributed by atoms with Gasteiger partial charge in [0.05, 0.1) is 33.2 Å². The minimum Gasteiger partial charge on any atom is -0.478 e. The number of hydrogen-bond donors (Lipinski definition) is 1. The highest BCUT2D eigenvalue weighted by molar-refractivity contribution is 7.21. The van der Waals surface area contributed by atoms with Crippen LogP contribution in [0.1, 0.15) is 48.7 Å². The third-order valence-electron chi connectivity index (χ3n) is 5.54. The highest BCUT2D eigenvalue weighted by atomic mass is 35.5. The summed E-state index contributed by atoms with van der Waals surface area (Å²) < 4.78 is 3.25.